The third kappa shape index (κ3) is 2.16. The summed E-state index contributed by atoms with van der Waals surface area (Å²) in [6.07, 6.45) is 5.07. The predicted octanol–water partition coefficient (Wildman–Crippen LogP) is 2.20. The van der Waals surface area contributed by atoms with E-state index in [0.717, 1.165) is 41.7 Å². The highest BCUT2D eigenvalue weighted by atomic mass is 16.5. The molecule has 2 N–H and O–H groups in total. The maximum absolute atomic E-state index is 6.04. The van der Waals surface area contributed by atoms with Crippen LogP contribution in [0.15, 0.2) is 24.4 Å². The van der Waals surface area contributed by atoms with Crippen molar-refractivity contribution in [3.05, 3.63) is 30.2 Å². The summed E-state index contributed by atoms with van der Waals surface area (Å²) in [5, 5.41) is 1.01. The highest BCUT2D eigenvalue weighted by Crippen LogP contribution is 2.28. The lowest BCUT2D eigenvalue weighted by atomic mass is 10.2. The summed E-state index contributed by atoms with van der Waals surface area (Å²) in [6, 6.07) is 6.23. The molecule has 2 aromatic rings. The normalized spacial score (nSPS) is 23.4. The van der Waals surface area contributed by atoms with E-state index in [1.165, 1.54) is 0 Å². The van der Waals surface area contributed by atoms with E-state index in [4.69, 9.17) is 10.5 Å². The van der Waals surface area contributed by atoms with E-state index in [0.29, 0.717) is 0 Å². The Morgan fingerprint density at radius 1 is 1.33 bits per heavy atom. The van der Waals surface area contributed by atoms with Gasteiger partial charge in [-0.25, -0.2) is 9.97 Å². The van der Waals surface area contributed by atoms with E-state index in [2.05, 4.69) is 9.97 Å². The Kier molecular flexibility index (Phi) is 2.88. The molecule has 4 nitrogen and oxygen atoms in total. The minimum Gasteiger partial charge on any atom is -0.488 e. The summed E-state index contributed by atoms with van der Waals surface area (Å²) < 4.78 is 6.04. The van der Waals surface area contributed by atoms with Crippen molar-refractivity contribution >= 4 is 10.9 Å². The summed E-state index contributed by atoms with van der Waals surface area (Å²) in [5.41, 5.74) is 6.80. The lowest BCUT2D eigenvalue weighted by Gasteiger charge is -2.14. The number of aromatic nitrogens is 2. The van der Waals surface area contributed by atoms with Gasteiger partial charge >= 0.3 is 0 Å². The van der Waals surface area contributed by atoms with Gasteiger partial charge in [-0.2, -0.15) is 0 Å². The molecule has 1 heterocycles. The van der Waals surface area contributed by atoms with Crippen LogP contribution in [-0.4, -0.2) is 22.1 Å². The van der Waals surface area contributed by atoms with Gasteiger partial charge in [-0.3, -0.25) is 0 Å². The van der Waals surface area contributed by atoms with Crippen LogP contribution in [0.2, 0.25) is 0 Å². The van der Waals surface area contributed by atoms with E-state index < -0.39 is 0 Å². The second kappa shape index (κ2) is 4.53. The number of ether oxygens (including phenoxy) is 1. The number of fused-ring (bicyclic) bond motifs is 1. The highest BCUT2D eigenvalue weighted by molar-refractivity contribution is 5.83. The third-order valence-electron chi connectivity index (χ3n) is 3.41. The van der Waals surface area contributed by atoms with Crippen LogP contribution >= 0.6 is 0 Å². The molecule has 0 spiro atoms. The molecule has 1 aliphatic rings. The van der Waals surface area contributed by atoms with Gasteiger partial charge < -0.3 is 10.5 Å². The van der Waals surface area contributed by atoms with Crippen LogP contribution < -0.4 is 10.5 Å². The first-order valence-corrected chi connectivity index (χ1v) is 6.37. The van der Waals surface area contributed by atoms with Gasteiger partial charge in [-0.1, -0.05) is 12.1 Å². The van der Waals surface area contributed by atoms with E-state index in [1.54, 1.807) is 0 Å². The standard InChI is InChI=1S/C14H17N3O/c1-9-16-8-10-3-2-4-13(14(10)17-9)18-12-6-5-11(15)7-12/h2-4,8,11-12H,5-7,15H2,1H3. The Hall–Kier alpha value is -1.68. The van der Waals surface area contributed by atoms with Gasteiger partial charge in [0.15, 0.2) is 0 Å². The minimum atomic E-state index is 0.223. The largest absolute Gasteiger partial charge is 0.488 e. The number of rotatable bonds is 2. The minimum absolute atomic E-state index is 0.223. The fraction of sp³-hybridized carbons (Fsp3) is 0.429. The Bertz CT molecular complexity index is 570. The maximum Gasteiger partial charge on any atom is 0.146 e. The zero-order chi connectivity index (χ0) is 12.5. The van der Waals surface area contributed by atoms with Crippen LogP contribution in [0.1, 0.15) is 25.1 Å². The molecule has 1 aliphatic carbocycles. The van der Waals surface area contributed by atoms with Gasteiger partial charge in [0.2, 0.25) is 0 Å². The van der Waals surface area contributed by atoms with Crippen LogP contribution in [-0.2, 0) is 0 Å². The average Bonchev–Trinajstić information content (AvgIpc) is 2.76. The number of nitrogens with two attached hydrogens (primary N) is 1. The Labute approximate surface area is 106 Å². The first kappa shape index (κ1) is 11.4. The molecular weight excluding hydrogens is 226 g/mol. The summed E-state index contributed by atoms with van der Waals surface area (Å²) in [7, 11) is 0. The summed E-state index contributed by atoms with van der Waals surface area (Å²) >= 11 is 0. The molecule has 0 radical (unpaired) electrons. The van der Waals surface area contributed by atoms with Crippen molar-refractivity contribution < 1.29 is 4.74 Å². The molecule has 3 rings (SSSR count). The molecule has 1 saturated carbocycles. The monoisotopic (exact) mass is 243 g/mol. The fourth-order valence-electron chi connectivity index (χ4n) is 2.47. The van der Waals surface area contributed by atoms with Crippen LogP contribution in [0.5, 0.6) is 5.75 Å². The van der Waals surface area contributed by atoms with Crippen LogP contribution in [0, 0.1) is 6.92 Å². The zero-order valence-corrected chi connectivity index (χ0v) is 10.5. The van der Waals surface area contributed by atoms with Crippen LogP contribution in [0.25, 0.3) is 10.9 Å². The number of benzene rings is 1. The molecule has 1 aromatic carbocycles. The first-order chi connectivity index (χ1) is 8.72. The van der Waals surface area contributed by atoms with E-state index in [1.807, 2.05) is 31.3 Å². The van der Waals surface area contributed by atoms with Gasteiger partial charge in [-0.15, -0.1) is 0 Å². The van der Waals surface area contributed by atoms with Gasteiger partial charge in [0.25, 0.3) is 0 Å². The number of hydrogen-bond donors (Lipinski definition) is 1. The molecule has 0 amide bonds. The molecule has 4 heteroatoms. The third-order valence-corrected chi connectivity index (χ3v) is 3.41. The predicted molar refractivity (Wildman–Crippen MR) is 70.5 cm³/mol. The first-order valence-electron chi connectivity index (χ1n) is 6.37. The van der Waals surface area contributed by atoms with Gasteiger partial charge in [0, 0.05) is 17.6 Å². The van der Waals surface area contributed by atoms with Crippen molar-refractivity contribution in [1.29, 1.82) is 0 Å². The Morgan fingerprint density at radius 3 is 3.00 bits per heavy atom. The number of aryl methyl sites for hydroxylation is 1. The van der Waals surface area contributed by atoms with Crippen molar-refractivity contribution in [3.8, 4) is 5.75 Å². The molecular formula is C14H17N3O. The molecule has 2 atom stereocenters. The molecule has 1 aromatic heterocycles. The Balaban J connectivity index is 1.93. The molecule has 94 valence electrons. The molecule has 0 aliphatic heterocycles. The van der Waals surface area contributed by atoms with E-state index in [9.17, 15) is 0 Å². The molecule has 18 heavy (non-hydrogen) atoms. The van der Waals surface area contributed by atoms with Crippen molar-refractivity contribution in [2.45, 2.75) is 38.3 Å². The smallest absolute Gasteiger partial charge is 0.146 e. The van der Waals surface area contributed by atoms with Crippen molar-refractivity contribution in [1.82, 2.24) is 9.97 Å². The lowest BCUT2D eigenvalue weighted by Crippen LogP contribution is -2.19. The summed E-state index contributed by atoms with van der Waals surface area (Å²) in [6.45, 7) is 1.89. The van der Waals surface area contributed by atoms with Gasteiger partial charge in [0.1, 0.15) is 23.2 Å². The zero-order valence-electron chi connectivity index (χ0n) is 10.5. The molecule has 0 bridgehead atoms. The number of nitrogens with zero attached hydrogens (tertiary/aromatic N) is 2. The van der Waals surface area contributed by atoms with E-state index in [-0.39, 0.29) is 12.1 Å². The van der Waals surface area contributed by atoms with Crippen molar-refractivity contribution in [2.75, 3.05) is 0 Å². The summed E-state index contributed by atoms with van der Waals surface area (Å²) in [5.74, 6) is 1.61. The Morgan fingerprint density at radius 2 is 2.22 bits per heavy atom. The van der Waals surface area contributed by atoms with Crippen LogP contribution in [0.4, 0.5) is 0 Å². The molecule has 0 saturated heterocycles. The molecule has 2 unspecified atom stereocenters. The van der Waals surface area contributed by atoms with Crippen LogP contribution in [0.3, 0.4) is 0 Å². The number of para-hydroxylation sites is 1. The average molecular weight is 243 g/mol. The second-order valence-electron chi connectivity index (χ2n) is 4.92. The van der Waals surface area contributed by atoms with Crippen molar-refractivity contribution in [2.24, 2.45) is 5.73 Å². The van der Waals surface area contributed by atoms with Gasteiger partial charge in [-0.05, 0) is 32.3 Å². The van der Waals surface area contributed by atoms with Crippen molar-refractivity contribution in [3.63, 3.8) is 0 Å². The van der Waals surface area contributed by atoms with E-state index >= 15 is 0 Å². The number of hydrogen-bond acceptors (Lipinski definition) is 4. The quantitative estimate of drug-likeness (QED) is 0.878. The second-order valence-corrected chi connectivity index (χ2v) is 4.92. The van der Waals surface area contributed by atoms with Gasteiger partial charge in [0.05, 0.1) is 0 Å². The SMILES string of the molecule is Cc1ncc2cccc(OC3CCC(N)C3)c2n1. The highest BCUT2D eigenvalue weighted by Gasteiger charge is 2.23. The fourth-order valence-corrected chi connectivity index (χ4v) is 2.47. The summed E-state index contributed by atoms with van der Waals surface area (Å²) in [4.78, 5) is 8.67. The topological polar surface area (TPSA) is 61.0 Å². The molecule has 1 fully saturated rings. The maximum atomic E-state index is 6.04. The lowest BCUT2D eigenvalue weighted by molar-refractivity contribution is 0.210.